The van der Waals surface area contributed by atoms with E-state index in [9.17, 15) is 14.4 Å². The highest BCUT2D eigenvalue weighted by molar-refractivity contribution is 9.10. The number of esters is 2. The van der Waals surface area contributed by atoms with E-state index in [4.69, 9.17) is 15.2 Å². The Bertz CT molecular complexity index is 731. The second-order valence-electron chi connectivity index (χ2n) is 4.74. The van der Waals surface area contributed by atoms with Crippen molar-refractivity contribution in [2.75, 3.05) is 32.5 Å². The van der Waals surface area contributed by atoms with Gasteiger partial charge in [0.15, 0.2) is 0 Å². The lowest BCUT2D eigenvalue weighted by molar-refractivity contribution is -0.140. The molecule has 1 amide bonds. The zero-order valence-corrected chi connectivity index (χ0v) is 14.6. The molecule has 0 aliphatic carbocycles. The number of ether oxygens (including phenoxy) is 3. The quantitative estimate of drug-likeness (QED) is 0.751. The zero-order chi connectivity index (χ0) is 17.9. The van der Waals surface area contributed by atoms with Crippen LogP contribution in [0.5, 0.6) is 0 Å². The summed E-state index contributed by atoms with van der Waals surface area (Å²) in [7, 11) is 2.41. The molecule has 0 unspecified atom stereocenters. The minimum atomic E-state index is -0.720. The highest BCUT2D eigenvalue weighted by atomic mass is 79.9. The Morgan fingerprint density at radius 2 is 1.88 bits per heavy atom. The van der Waals surface area contributed by atoms with Crippen LogP contribution in [-0.2, 0) is 23.8 Å². The second-order valence-corrected chi connectivity index (χ2v) is 5.60. The maximum atomic E-state index is 12.2. The number of halogens is 1. The van der Waals surface area contributed by atoms with Crippen LogP contribution in [0, 0.1) is 0 Å². The lowest BCUT2D eigenvalue weighted by atomic mass is 10.1. The predicted molar refractivity (Wildman–Crippen MR) is 87.0 cm³/mol. The third kappa shape index (κ3) is 3.41. The smallest absolute Gasteiger partial charge is 0.355 e. The van der Waals surface area contributed by atoms with Crippen LogP contribution in [0.4, 0.5) is 5.69 Å². The average Bonchev–Trinajstić information content (AvgIpc) is 2.59. The average molecular weight is 399 g/mol. The zero-order valence-electron chi connectivity index (χ0n) is 13.0. The number of hydrogen-bond donors (Lipinski definition) is 1. The van der Waals surface area contributed by atoms with E-state index in [0.717, 1.165) is 0 Å². The van der Waals surface area contributed by atoms with Crippen molar-refractivity contribution in [3.63, 3.8) is 0 Å². The van der Waals surface area contributed by atoms with Crippen LogP contribution in [0.1, 0.15) is 10.4 Å². The molecule has 0 atom stereocenters. The summed E-state index contributed by atoms with van der Waals surface area (Å²) in [6, 6.07) is 4.73. The molecule has 0 bridgehead atoms. The first-order valence-corrected chi connectivity index (χ1v) is 7.54. The molecule has 1 aliphatic heterocycles. The van der Waals surface area contributed by atoms with Gasteiger partial charge in [0, 0.05) is 10.2 Å². The molecule has 2 N–H and O–H groups in total. The van der Waals surface area contributed by atoms with Crippen LogP contribution >= 0.6 is 15.9 Å². The van der Waals surface area contributed by atoms with Gasteiger partial charge in [0.05, 0.1) is 32.0 Å². The molecule has 1 aromatic rings. The molecule has 8 nitrogen and oxygen atoms in total. The van der Waals surface area contributed by atoms with E-state index in [-0.39, 0.29) is 30.2 Å². The fourth-order valence-corrected chi connectivity index (χ4v) is 2.66. The molecule has 0 fully saturated rings. The fourth-order valence-electron chi connectivity index (χ4n) is 2.22. The number of methoxy groups -OCH3 is 2. The fraction of sp³-hybridized carbons (Fsp3) is 0.267. The Labute approximate surface area is 146 Å². The second kappa shape index (κ2) is 7.45. The van der Waals surface area contributed by atoms with Crippen LogP contribution in [0.2, 0.25) is 0 Å². The van der Waals surface area contributed by atoms with Crippen LogP contribution in [0.3, 0.4) is 0 Å². The van der Waals surface area contributed by atoms with Crippen molar-refractivity contribution < 1.29 is 28.6 Å². The predicted octanol–water partition coefficient (Wildman–Crippen LogP) is 0.942. The molecule has 0 aromatic heterocycles. The number of rotatable bonds is 4. The number of benzene rings is 1. The summed E-state index contributed by atoms with van der Waals surface area (Å²) < 4.78 is 15.3. The molecule has 1 aliphatic rings. The van der Waals surface area contributed by atoms with Crippen LogP contribution in [0.15, 0.2) is 33.9 Å². The maximum Gasteiger partial charge on any atom is 0.355 e. The van der Waals surface area contributed by atoms with E-state index >= 15 is 0 Å². The monoisotopic (exact) mass is 398 g/mol. The first-order valence-electron chi connectivity index (χ1n) is 6.75. The van der Waals surface area contributed by atoms with Gasteiger partial charge in [-0.3, -0.25) is 4.79 Å². The van der Waals surface area contributed by atoms with Crippen molar-refractivity contribution in [1.82, 2.24) is 0 Å². The van der Waals surface area contributed by atoms with Crippen molar-refractivity contribution in [2.24, 2.45) is 5.73 Å². The Hall–Kier alpha value is -2.39. The molecule has 128 valence electrons. The van der Waals surface area contributed by atoms with Crippen LogP contribution in [-0.4, -0.2) is 45.4 Å². The molecule has 1 aromatic carbocycles. The molecule has 0 radical (unpaired) electrons. The molecule has 1 heterocycles. The van der Waals surface area contributed by atoms with Crippen molar-refractivity contribution in [3.8, 4) is 0 Å². The van der Waals surface area contributed by atoms with Crippen molar-refractivity contribution in [2.45, 2.75) is 0 Å². The lowest BCUT2D eigenvalue weighted by Crippen LogP contribution is -2.38. The summed E-state index contributed by atoms with van der Waals surface area (Å²) in [5.74, 6) is -2.06. The van der Waals surface area contributed by atoms with E-state index < -0.39 is 17.8 Å². The summed E-state index contributed by atoms with van der Waals surface area (Å²) in [5.41, 5.74) is 6.02. The van der Waals surface area contributed by atoms with Crippen LogP contribution < -0.4 is 10.6 Å². The standard InChI is InChI=1S/C15H15BrN2O6/c1-22-14(20)10-6-24-7-18(12(10)15(21)23-2)8-3-4-11(16)9(5-8)13(17)19/h3-5H,6-7H2,1-2H3,(H2,17,19). The number of carbonyl (C=O) groups excluding carboxylic acids is 3. The highest BCUT2D eigenvalue weighted by Gasteiger charge is 2.32. The molecular formula is C15H15BrN2O6. The van der Waals surface area contributed by atoms with Gasteiger partial charge in [-0.1, -0.05) is 0 Å². The van der Waals surface area contributed by atoms with Crippen molar-refractivity contribution >= 4 is 39.5 Å². The van der Waals surface area contributed by atoms with Crippen LogP contribution in [0.25, 0.3) is 0 Å². The Balaban J connectivity index is 2.59. The molecule has 0 saturated carbocycles. The Morgan fingerprint density at radius 1 is 1.21 bits per heavy atom. The number of carbonyl (C=O) groups is 3. The molecule has 9 heteroatoms. The number of nitrogens with zero attached hydrogens (tertiary/aromatic N) is 1. The van der Waals surface area contributed by atoms with Gasteiger partial charge in [-0.15, -0.1) is 0 Å². The van der Waals surface area contributed by atoms with Gasteiger partial charge in [0.25, 0.3) is 0 Å². The van der Waals surface area contributed by atoms with E-state index in [0.29, 0.717) is 10.2 Å². The van der Waals surface area contributed by atoms with Gasteiger partial charge in [-0.05, 0) is 34.1 Å². The van der Waals surface area contributed by atoms with Gasteiger partial charge in [0.2, 0.25) is 5.91 Å². The lowest BCUT2D eigenvalue weighted by Gasteiger charge is -2.31. The summed E-state index contributed by atoms with van der Waals surface area (Å²) >= 11 is 3.23. The number of amides is 1. The van der Waals surface area contributed by atoms with Crippen molar-refractivity contribution in [1.29, 1.82) is 0 Å². The summed E-state index contributed by atoms with van der Waals surface area (Å²) in [6.07, 6.45) is 0. The summed E-state index contributed by atoms with van der Waals surface area (Å²) in [5, 5.41) is 0. The molecule has 0 spiro atoms. The third-order valence-electron chi connectivity index (χ3n) is 3.36. The number of primary amides is 1. The molecule has 24 heavy (non-hydrogen) atoms. The normalized spacial score (nSPS) is 14.4. The SMILES string of the molecule is COC(=O)C1=C(C(=O)OC)N(c2ccc(Br)c(C(N)=O)c2)COC1. The minimum absolute atomic E-state index is 0.00616. The van der Waals surface area contributed by atoms with Gasteiger partial charge in [-0.25, -0.2) is 9.59 Å². The van der Waals surface area contributed by atoms with Gasteiger partial charge in [-0.2, -0.15) is 0 Å². The highest BCUT2D eigenvalue weighted by Crippen LogP contribution is 2.29. The van der Waals surface area contributed by atoms with E-state index in [1.54, 1.807) is 12.1 Å². The van der Waals surface area contributed by atoms with E-state index in [2.05, 4.69) is 20.7 Å². The first-order chi connectivity index (χ1) is 11.4. The van der Waals surface area contributed by atoms with Gasteiger partial charge < -0.3 is 24.8 Å². The van der Waals surface area contributed by atoms with E-state index in [1.165, 1.54) is 25.2 Å². The van der Waals surface area contributed by atoms with E-state index in [1.807, 2.05) is 0 Å². The topological polar surface area (TPSA) is 108 Å². The molecular weight excluding hydrogens is 384 g/mol. The number of anilines is 1. The maximum absolute atomic E-state index is 12.2. The van der Waals surface area contributed by atoms with Crippen molar-refractivity contribution in [3.05, 3.63) is 39.5 Å². The Morgan fingerprint density at radius 3 is 2.46 bits per heavy atom. The van der Waals surface area contributed by atoms with Gasteiger partial charge >= 0.3 is 11.9 Å². The Kier molecular flexibility index (Phi) is 5.58. The summed E-state index contributed by atoms with van der Waals surface area (Å²) in [6.45, 7) is -0.0996. The first kappa shape index (κ1) is 18.0. The number of hydrogen-bond acceptors (Lipinski definition) is 7. The molecule has 2 rings (SSSR count). The third-order valence-corrected chi connectivity index (χ3v) is 4.05. The minimum Gasteiger partial charge on any atom is -0.466 e. The summed E-state index contributed by atoms with van der Waals surface area (Å²) in [4.78, 5) is 37.0. The largest absolute Gasteiger partial charge is 0.466 e. The molecule has 0 saturated heterocycles. The van der Waals surface area contributed by atoms with Gasteiger partial charge in [0.1, 0.15) is 12.4 Å². The number of nitrogens with two attached hydrogens (primary N) is 1.